The Labute approximate surface area is 169 Å². The third kappa shape index (κ3) is 4.25. The van der Waals surface area contributed by atoms with Crippen LogP contribution in [0.5, 0.6) is 0 Å². The van der Waals surface area contributed by atoms with Gasteiger partial charge in [-0.15, -0.1) is 0 Å². The lowest BCUT2D eigenvalue weighted by Gasteiger charge is -2.22. The van der Waals surface area contributed by atoms with Crippen LogP contribution in [0.4, 0.5) is 0 Å². The van der Waals surface area contributed by atoms with E-state index in [0.717, 1.165) is 11.1 Å². The smallest absolute Gasteiger partial charge is 0.243 e. The van der Waals surface area contributed by atoms with E-state index in [1.807, 2.05) is 0 Å². The van der Waals surface area contributed by atoms with Crippen molar-refractivity contribution in [1.82, 2.24) is 9.46 Å². The van der Waals surface area contributed by atoms with Crippen molar-refractivity contribution in [3.05, 3.63) is 81.7 Å². The maximum Gasteiger partial charge on any atom is 0.243 e. The maximum absolute atomic E-state index is 13.3. The highest BCUT2D eigenvalue weighted by Gasteiger charge is 2.27. The summed E-state index contributed by atoms with van der Waals surface area (Å²) in [4.78, 5) is 0.150. The lowest BCUT2D eigenvalue weighted by Crippen LogP contribution is -2.30. The van der Waals surface area contributed by atoms with Crippen molar-refractivity contribution in [2.75, 3.05) is 0 Å². The van der Waals surface area contributed by atoms with E-state index in [-0.39, 0.29) is 18.0 Å². The van der Waals surface area contributed by atoms with Gasteiger partial charge in [0.15, 0.2) is 0 Å². The highest BCUT2D eigenvalue weighted by atomic mass is 35.5. The van der Waals surface area contributed by atoms with Gasteiger partial charge in [-0.05, 0) is 55.8 Å². The van der Waals surface area contributed by atoms with Crippen molar-refractivity contribution in [3.8, 4) is 6.07 Å². The summed E-state index contributed by atoms with van der Waals surface area (Å²) in [6.07, 6.45) is 0. The van der Waals surface area contributed by atoms with E-state index in [1.54, 1.807) is 50.2 Å². The summed E-state index contributed by atoms with van der Waals surface area (Å²) in [7, 11) is -3.80. The van der Waals surface area contributed by atoms with E-state index in [4.69, 9.17) is 21.4 Å². The molecule has 0 aliphatic rings. The first kappa shape index (κ1) is 20.1. The number of hydrogen-bond donors (Lipinski definition) is 0. The second-order valence-corrected chi connectivity index (χ2v) is 8.71. The predicted octanol–water partition coefficient (Wildman–Crippen LogP) is 4.21. The zero-order valence-electron chi connectivity index (χ0n) is 15.4. The van der Waals surface area contributed by atoms with Crippen molar-refractivity contribution in [3.63, 3.8) is 0 Å². The second kappa shape index (κ2) is 8.15. The Bertz CT molecular complexity index is 1100. The number of nitrogens with zero attached hydrogens (tertiary/aromatic N) is 3. The van der Waals surface area contributed by atoms with Gasteiger partial charge in [0.25, 0.3) is 0 Å². The van der Waals surface area contributed by atoms with Crippen molar-refractivity contribution in [2.45, 2.75) is 31.8 Å². The van der Waals surface area contributed by atoms with Crippen LogP contribution in [0, 0.1) is 25.2 Å². The second-order valence-electron chi connectivity index (χ2n) is 6.34. The van der Waals surface area contributed by atoms with Gasteiger partial charge >= 0.3 is 0 Å². The summed E-state index contributed by atoms with van der Waals surface area (Å²) in [5, 5.41) is 13.3. The van der Waals surface area contributed by atoms with Gasteiger partial charge in [0, 0.05) is 23.7 Å². The number of rotatable bonds is 6. The van der Waals surface area contributed by atoms with Crippen LogP contribution in [0.25, 0.3) is 0 Å². The molecule has 1 heterocycles. The maximum atomic E-state index is 13.3. The largest absolute Gasteiger partial charge is 0.361 e. The summed E-state index contributed by atoms with van der Waals surface area (Å²) in [6.45, 7) is 3.79. The fourth-order valence-corrected chi connectivity index (χ4v) is 4.30. The monoisotopic (exact) mass is 415 g/mol. The zero-order valence-corrected chi connectivity index (χ0v) is 17.0. The molecule has 0 bridgehead atoms. The first-order valence-corrected chi connectivity index (χ1v) is 10.3. The van der Waals surface area contributed by atoms with E-state index in [0.29, 0.717) is 22.0 Å². The number of hydrogen-bond acceptors (Lipinski definition) is 5. The summed E-state index contributed by atoms with van der Waals surface area (Å²) in [5.74, 6) is 0.577. The number of halogens is 1. The van der Waals surface area contributed by atoms with Crippen LogP contribution in [0.3, 0.4) is 0 Å². The summed E-state index contributed by atoms with van der Waals surface area (Å²) < 4.78 is 33.1. The third-order valence-corrected chi connectivity index (χ3v) is 6.47. The topological polar surface area (TPSA) is 87.2 Å². The van der Waals surface area contributed by atoms with Crippen LogP contribution < -0.4 is 0 Å². The molecule has 0 saturated carbocycles. The van der Waals surface area contributed by atoms with Gasteiger partial charge in [-0.25, -0.2) is 8.42 Å². The molecule has 0 N–H and O–H groups in total. The minimum Gasteiger partial charge on any atom is -0.361 e. The van der Waals surface area contributed by atoms with Gasteiger partial charge in [-0.2, -0.15) is 9.57 Å². The molecular weight excluding hydrogens is 398 g/mol. The normalized spacial score (nSPS) is 11.5. The number of aryl methyl sites for hydroxylation is 2. The first-order chi connectivity index (χ1) is 13.3. The van der Waals surface area contributed by atoms with E-state index in [1.165, 1.54) is 16.4 Å². The van der Waals surface area contributed by atoms with E-state index < -0.39 is 10.0 Å². The molecule has 0 spiro atoms. The van der Waals surface area contributed by atoms with Gasteiger partial charge in [0.2, 0.25) is 10.0 Å². The Kier molecular flexibility index (Phi) is 5.84. The van der Waals surface area contributed by atoms with Crippen LogP contribution in [0.2, 0.25) is 5.02 Å². The predicted molar refractivity (Wildman–Crippen MR) is 105 cm³/mol. The standard InChI is InChI=1S/C20H18ClN3O3S/c1-14-20(15(2)27-23-14)13-24(12-17-5-3-16(11-22)4-6-17)28(25,26)19-9-7-18(21)8-10-19/h3-10H,12-13H2,1-2H3. The molecule has 6 nitrogen and oxygen atoms in total. The van der Waals surface area contributed by atoms with Crippen molar-refractivity contribution in [2.24, 2.45) is 0 Å². The van der Waals surface area contributed by atoms with Gasteiger partial charge in [0.1, 0.15) is 5.76 Å². The lowest BCUT2D eigenvalue weighted by molar-refractivity contribution is 0.381. The Morgan fingerprint density at radius 3 is 2.25 bits per heavy atom. The highest BCUT2D eigenvalue weighted by Crippen LogP contribution is 2.25. The molecule has 0 radical (unpaired) electrons. The van der Waals surface area contributed by atoms with Gasteiger partial charge in [-0.3, -0.25) is 0 Å². The number of benzene rings is 2. The van der Waals surface area contributed by atoms with Crippen molar-refractivity contribution < 1.29 is 12.9 Å². The minimum absolute atomic E-state index is 0.117. The molecule has 3 aromatic rings. The quantitative estimate of drug-likeness (QED) is 0.601. The summed E-state index contributed by atoms with van der Waals surface area (Å²) in [5.41, 5.74) is 2.66. The molecule has 28 heavy (non-hydrogen) atoms. The first-order valence-electron chi connectivity index (χ1n) is 8.48. The van der Waals surface area contributed by atoms with E-state index in [9.17, 15) is 8.42 Å². The molecule has 0 fully saturated rings. The average Bonchev–Trinajstić information content (AvgIpc) is 3.00. The van der Waals surface area contributed by atoms with Crippen LogP contribution in [-0.4, -0.2) is 17.9 Å². The van der Waals surface area contributed by atoms with Crippen molar-refractivity contribution in [1.29, 1.82) is 5.26 Å². The number of nitriles is 1. The molecule has 0 unspecified atom stereocenters. The SMILES string of the molecule is Cc1noc(C)c1CN(Cc1ccc(C#N)cc1)S(=O)(=O)c1ccc(Cl)cc1. The molecular formula is C20H18ClN3O3S. The van der Waals surface area contributed by atoms with Gasteiger partial charge < -0.3 is 4.52 Å². The molecule has 2 aromatic carbocycles. The Morgan fingerprint density at radius 2 is 1.71 bits per heavy atom. The van der Waals surface area contributed by atoms with Crippen molar-refractivity contribution >= 4 is 21.6 Å². The molecule has 1 aromatic heterocycles. The summed E-state index contributed by atoms with van der Waals surface area (Å²) >= 11 is 5.90. The Morgan fingerprint density at radius 1 is 1.07 bits per heavy atom. The number of sulfonamides is 1. The molecule has 8 heteroatoms. The molecule has 0 aliphatic carbocycles. The highest BCUT2D eigenvalue weighted by molar-refractivity contribution is 7.89. The minimum atomic E-state index is -3.80. The lowest BCUT2D eigenvalue weighted by atomic mass is 10.1. The molecule has 0 atom stereocenters. The van der Waals surface area contributed by atoms with Crippen LogP contribution in [0.15, 0.2) is 57.9 Å². The zero-order chi connectivity index (χ0) is 20.3. The van der Waals surface area contributed by atoms with Crippen LogP contribution in [0.1, 0.15) is 28.1 Å². The van der Waals surface area contributed by atoms with Crippen LogP contribution in [-0.2, 0) is 23.1 Å². The van der Waals surface area contributed by atoms with Crippen LogP contribution >= 0.6 is 11.6 Å². The fourth-order valence-electron chi connectivity index (χ4n) is 2.77. The van der Waals surface area contributed by atoms with Gasteiger partial charge in [-0.1, -0.05) is 28.9 Å². The Balaban J connectivity index is 2.00. The van der Waals surface area contributed by atoms with E-state index >= 15 is 0 Å². The molecule has 0 amide bonds. The Hall–Kier alpha value is -2.66. The molecule has 0 aliphatic heterocycles. The fraction of sp³-hybridized carbons (Fsp3) is 0.200. The number of aromatic nitrogens is 1. The molecule has 3 rings (SSSR count). The summed E-state index contributed by atoms with van der Waals surface area (Å²) in [6, 6.07) is 14.9. The molecule has 144 valence electrons. The van der Waals surface area contributed by atoms with E-state index in [2.05, 4.69) is 11.2 Å². The third-order valence-electron chi connectivity index (χ3n) is 4.41. The van der Waals surface area contributed by atoms with Gasteiger partial charge in [0.05, 0.1) is 22.2 Å². The average molecular weight is 416 g/mol. The molecule has 0 saturated heterocycles.